The fourth-order valence-corrected chi connectivity index (χ4v) is 3.98. The van der Waals surface area contributed by atoms with Crippen LogP contribution in [-0.4, -0.2) is 84.5 Å². The summed E-state index contributed by atoms with van der Waals surface area (Å²) < 4.78 is 17.5. The molecule has 0 saturated carbocycles. The molecule has 0 unspecified atom stereocenters. The molecule has 43 heavy (non-hydrogen) atoms. The third-order valence-corrected chi connectivity index (χ3v) is 6.22. The lowest BCUT2D eigenvalue weighted by atomic mass is 9.89. The van der Waals surface area contributed by atoms with Crippen molar-refractivity contribution in [3.8, 4) is 5.75 Å². The van der Waals surface area contributed by atoms with Gasteiger partial charge in [0.15, 0.2) is 12.6 Å². The first kappa shape index (κ1) is 39.5. The zero-order valence-corrected chi connectivity index (χ0v) is 27.3. The average Bonchev–Trinajstić information content (AvgIpc) is 2.98. The summed E-state index contributed by atoms with van der Waals surface area (Å²) >= 11 is 5.68. The van der Waals surface area contributed by atoms with Crippen LogP contribution in [0, 0.1) is 5.41 Å². The monoisotopic (exact) mass is 621 g/mol. The first-order valence-electron chi connectivity index (χ1n) is 14.2. The zero-order chi connectivity index (χ0) is 32.7. The van der Waals surface area contributed by atoms with Crippen molar-refractivity contribution in [1.82, 2.24) is 20.9 Å². The number of allylic oxidation sites excluding steroid dienone is 1. The second kappa shape index (κ2) is 23.0. The van der Waals surface area contributed by atoms with Gasteiger partial charge in [-0.25, -0.2) is 4.39 Å². The number of anilines is 1. The van der Waals surface area contributed by atoms with Crippen LogP contribution in [0.3, 0.4) is 0 Å². The summed E-state index contributed by atoms with van der Waals surface area (Å²) in [4.78, 5) is 35.8. The number of nitrogens with one attached hydrogen (secondary N) is 4. The minimum atomic E-state index is -0.410. The number of rotatable bonds is 16. The molecule has 2 aromatic carbocycles. The van der Waals surface area contributed by atoms with E-state index in [9.17, 15) is 18.8 Å². The van der Waals surface area contributed by atoms with Crippen molar-refractivity contribution < 1.29 is 23.5 Å². The van der Waals surface area contributed by atoms with Crippen LogP contribution in [0.4, 0.5) is 10.1 Å². The van der Waals surface area contributed by atoms with E-state index in [-0.39, 0.29) is 17.0 Å². The molecule has 0 fully saturated rings. The quantitative estimate of drug-likeness (QED) is 0.154. The largest absolute Gasteiger partial charge is 0.493 e. The Morgan fingerprint density at radius 3 is 2.23 bits per heavy atom. The summed E-state index contributed by atoms with van der Waals surface area (Å²) in [5.74, 6) is 0.383. The standard InChI is InChI=1S/C16H31FN4O2.C9H9ClO2.C7H9N/c1-16(2,12-18-3)10-15(23)20-14(11-22)13(19-4)6-8-21(5)9-7-17;1-2-12-9-4-3-8(10)5-7(9)6-11;1-8-7-5-3-2-4-6-7/h11,18-19H,6-10,12H2,1-5H3,(H,20,23);3-6H,2H2,1H3;2-6,8H,1H3/b14-13+;;. The maximum Gasteiger partial charge on any atom is 0.225 e. The van der Waals surface area contributed by atoms with Gasteiger partial charge in [0.05, 0.1) is 12.2 Å². The van der Waals surface area contributed by atoms with Crippen molar-refractivity contribution in [2.24, 2.45) is 5.41 Å². The normalized spacial score (nSPS) is 11.1. The smallest absolute Gasteiger partial charge is 0.225 e. The highest BCUT2D eigenvalue weighted by molar-refractivity contribution is 6.30. The third kappa shape index (κ3) is 17.9. The second-order valence-corrected chi connectivity index (χ2v) is 10.7. The van der Waals surface area contributed by atoms with Crippen molar-refractivity contribution in [2.45, 2.75) is 33.6 Å². The van der Waals surface area contributed by atoms with Crippen LogP contribution >= 0.6 is 11.6 Å². The summed E-state index contributed by atoms with van der Waals surface area (Å²) in [6.45, 7) is 7.61. The number of carbonyl (C=O) groups is 3. The van der Waals surface area contributed by atoms with E-state index in [1.165, 1.54) is 0 Å². The molecular formula is C32H49ClFN5O4. The lowest BCUT2D eigenvalue weighted by molar-refractivity contribution is -0.123. The number of para-hydroxylation sites is 1. The molecule has 0 spiro atoms. The Kier molecular flexibility index (Phi) is 21.2. The number of hydrogen-bond acceptors (Lipinski definition) is 8. The Balaban J connectivity index is 0.000000721. The molecule has 0 aliphatic carbocycles. The maximum absolute atomic E-state index is 12.3. The number of carbonyl (C=O) groups excluding carboxylic acids is 3. The average molecular weight is 622 g/mol. The predicted octanol–water partition coefficient (Wildman–Crippen LogP) is 4.94. The van der Waals surface area contributed by atoms with E-state index >= 15 is 0 Å². The molecule has 0 radical (unpaired) electrons. The number of hydrogen-bond donors (Lipinski definition) is 4. The SMILES string of the molecule is CCOc1ccc(Cl)cc1C=O.CNCC(C)(C)CC(=O)N/C(C=O)=C(\CCN(C)CCF)NC.CNc1ccccc1. The summed E-state index contributed by atoms with van der Waals surface area (Å²) in [7, 11) is 7.26. The number of nitrogens with zero attached hydrogens (tertiary/aromatic N) is 1. The summed E-state index contributed by atoms with van der Waals surface area (Å²) in [6, 6.07) is 15.0. The number of aldehydes is 2. The first-order valence-corrected chi connectivity index (χ1v) is 14.5. The molecule has 0 saturated heterocycles. The number of benzene rings is 2. The van der Waals surface area contributed by atoms with Crippen LogP contribution in [0.1, 0.15) is 44.0 Å². The van der Waals surface area contributed by atoms with Gasteiger partial charge in [-0.15, -0.1) is 0 Å². The van der Waals surface area contributed by atoms with Crippen molar-refractivity contribution >= 4 is 35.8 Å². The van der Waals surface area contributed by atoms with Crippen molar-refractivity contribution in [3.63, 3.8) is 0 Å². The van der Waals surface area contributed by atoms with Crippen molar-refractivity contribution in [1.29, 1.82) is 0 Å². The minimum absolute atomic E-state index is 0.197. The Bertz CT molecular complexity index is 1120. The van der Waals surface area contributed by atoms with Gasteiger partial charge in [0.2, 0.25) is 5.91 Å². The topological polar surface area (TPSA) is 112 Å². The zero-order valence-electron chi connectivity index (χ0n) is 26.6. The molecule has 0 heterocycles. The van der Waals surface area contributed by atoms with Gasteiger partial charge in [0.25, 0.3) is 0 Å². The van der Waals surface area contributed by atoms with Gasteiger partial charge in [-0.2, -0.15) is 0 Å². The Hall–Kier alpha value is -3.47. The van der Waals surface area contributed by atoms with Crippen LogP contribution < -0.4 is 26.0 Å². The lowest BCUT2D eigenvalue weighted by Gasteiger charge is -2.24. The highest BCUT2D eigenvalue weighted by atomic mass is 35.5. The van der Waals surface area contributed by atoms with E-state index in [2.05, 4.69) is 21.3 Å². The van der Waals surface area contributed by atoms with E-state index in [4.69, 9.17) is 16.3 Å². The molecule has 4 N–H and O–H groups in total. The summed E-state index contributed by atoms with van der Waals surface area (Å²) in [6.07, 6.45) is 2.21. The third-order valence-electron chi connectivity index (χ3n) is 5.98. The highest BCUT2D eigenvalue weighted by Gasteiger charge is 2.22. The molecule has 0 aliphatic rings. The molecule has 11 heteroatoms. The molecule has 0 aromatic heterocycles. The van der Waals surface area contributed by atoms with Gasteiger partial charge < -0.3 is 30.9 Å². The van der Waals surface area contributed by atoms with Gasteiger partial charge in [0, 0.05) is 63.0 Å². The molecule has 0 atom stereocenters. The van der Waals surface area contributed by atoms with Crippen LogP contribution in [0.5, 0.6) is 5.75 Å². The van der Waals surface area contributed by atoms with E-state index in [1.54, 1.807) is 25.2 Å². The van der Waals surface area contributed by atoms with E-state index < -0.39 is 6.67 Å². The van der Waals surface area contributed by atoms with Gasteiger partial charge >= 0.3 is 0 Å². The Morgan fingerprint density at radius 2 is 1.74 bits per heavy atom. The van der Waals surface area contributed by atoms with Crippen LogP contribution in [0.25, 0.3) is 0 Å². The van der Waals surface area contributed by atoms with E-state index in [0.717, 1.165) is 12.0 Å². The van der Waals surface area contributed by atoms with Crippen LogP contribution in [0.15, 0.2) is 59.9 Å². The number of amides is 1. The molecule has 9 nitrogen and oxygen atoms in total. The van der Waals surface area contributed by atoms with Gasteiger partial charge in [-0.1, -0.05) is 43.6 Å². The maximum atomic E-state index is 12.3. The fourth-order valence-electron chi connectivity index (χ4n) is 3.80. The van der Waals surface area contributed by atoms with Crippen LogP contribution in [0.2, 0.25) is 5.02 Å². The molecule has 1 amide bonds. The fraction of sp³-hybridized carbons (Fsp3) is 0.469. The van der Waals surface area contributed by atoms with Gasteiger partial charge in [-0.05, 0) is 56.8 Å². The summed E-state index contributed by atoms with van der Waals surface area (Å²) in [5.41, 5.74) is 2.34. The van der Waals surface area contributed by atoms with Crippen LogP contribution in [-0.2, 0) is 9.59 Å². The molecule has 240 valence electrons. The Labute approximate surface area is 261 Å². The van der Waals surface area contributed by atoms with E-state index in [1.807, 2.05) is 77.1 Å². The van der Waals surface area contributed by atoms with Crippen molar-refractivity contribution in [3.05, 3.63) is 70.5 Å². The first-order chi connectivity index (χ1) is 20.5. The summed E-state index contributed by atoms with van der Waals surface area (Å²) in [5, 5.41) is 12.2. The number of halogens is 2. The lowest BCUT2D eigenvalue weighted by Crippen LogP contribution is -2.35. The van der Waals surface area contributed by atoms with Gasteiger partial charge in [-0.3, -0.25) is 14.4 Å². The highest BCUT2D eigenvalue weighted by Crippen LogP contribution is 2.21. The Morgan fingerprint density at radius 1 is 1.07 bits per heavy atom. The molecule has 2 rings (SSSR count). The second-order valence-electron chi connectivity index (χ2n) is 10.3. The van der Waals surface area contributed by atoms with Gasteiger partial charge in [0.1, 0.15) is 18.1 Å². The van der Waals surface area contributed by atoms with Crippen molar-refractivity contribution in [2.75, 3.05) is 66.4 Å². The molecule has 2 aromatic rings. The molecule has 0 bridgehead atoms. The number of ether oxygens (including phenoxy) is 1. The molecule has 0 aliphatic heterocycles. The molecular weight excluding hydrogens is 573 g/mol. The number of alkyl halides is 1. The minimum Gasteiger partial charge on any atom is -0.493 e. The predicted molar refractivity (Wildman–Crippen MR) is 175 cm³/mol. The van der Waals surface area contributed by atoms with E-state index in [0.29, 0.717) is 67.4 Å².